The maximum atomic E-state index is 12.8. The van der Waals surface area contributed by atoms with Crippen LogP contribution in [-0.2, 0) is 6.18 Å². The van der Waals surface area contributed by atoms with Crippen LogP contribution in [0.2, 0.25) is 0 Å². The van der Waals surface area contributed by atoms with Crippen molar-refractivity contribution in [2.45, 2.75) is 45.3 Å². The zero-order valence-corrected chi connectivity index (χ0v) is 15.8. The van der Waals surface area contributed by atoms with Gasteiger partial charge in [0.15, 0.2) is 5.11 Å². The Morgan fingerprint density at radius 3 is 2.19 bits per heavy atom. The van der Waals surface area contributed by atoms with Crippen molar-refractivity contribution in [1.29, 1.82) is 0 Å². The predicted octanol–water partition coefficient (Wildman–Crippen LogP) is 6.27. The van der Waals surface area contributed by atoms with Gasteiger partial charge in [-0.05, 0) is 53.9 Å². The molecule has 2 aromatic carbocycles. The third-order valence-electron chi connectivity index (χ3n) is 4.17. The summed E-state index contributed by atoms with van der Waals surface area (Å²) in [5.41, 5.74) is 1.95. The van der Waals surface area contributed by atoms with Gasteiger partial charge >= 0.3 is 6.18 Å². The van der Waals surface area contributed by atoms with E-state index in [1.165, 1.54) is 11.6 Å². The highest BCUT2D eigenvalue weighted by molar-refractivity contribution is 7.80. The highest BCUT2D eigenvalue weighted by Gasteiger charge is 2.30. The van der Waals surface area contributed by atoms with E-state index in [1.807, 2.05) is 6.92 Å². The van der Waals surface area contributed by atoms with Crippen molar-refractivity contribution < 1.29 is 13.2 Å². The molecule has 0 bridgehead atoms. The fourth-order valence-corrected chi connectivity index (χ4v) is 2.89. The summed E-state index contributed by atoms with van der Waals surface area (Å²) in [5, 5.41) is 6.31. The van der Waals surface area contributed by atoms with Gasteiger partial charge in [-0.2, -0.15) is 13.2 Å². The Kier molecular flexibility index (Phi) is 6.64. The average Bonchev–Trinajstić information content (AvgIpc) is 2.59. The summed E-state index contributed by atoms with van der Waals surface area (Å²) in [6.45, 7) is 6.30. The standard InChI is InChI=1S/C20H23F3N2S/c1-4-18(15-10-8-14(9-11-15)13(2)3)25-19(26)24-17-7-5-6-16(12-17)20(21,22)23/h5-13,18H,4H2,1-3H3,(H2,24,25,26). The van der Waals surface area contributed by atoms with E-state index in [4.69, 9.17) is 12.2 Å². The van der Waals surface area contributed by atoms with E-state index in [9.17, 15) is 13.2 Å². The molecule has 0 fully saturated rings. The maximum Gasteiger partial charge on any atom is 0.416 e. The fourth-order valence-electron chi connectivity index (χ4n) is 2.63. The first kappa shape index (κ1) is 20.2. The fraction of sp³-hybridized carbons (Fsp3) is 0.350. The molecule has 0 spiro atoms. The van der Waals surface area contributed by atoms with Crippen molar-refractivity contribution in [3.8, 4) is 0 Å². The summed E-state index contributed by atoms with van der Waals surface area (Å²) in [7, 11) is 0. The molecule has 0 aromatic heterocycles. The van der Waals surface area contributed by atoms with Crippen molar-refractivity contribution in [3.05, 3.63) is 65.2 Å². The molecule has 1 atom stereocenters. The molecule has 2 aromatic rings. The van der Waals surface area contributed by atoms with Crippen molar-refractivity contribution >= 4 is 23.0 Å². The predicted molar refractivity (Wildman–Crippen MR) is 104 cm³/mol. The zero-order chi connectivity index (χ0) is 19.3. The van der Waals surface area contributed by atoms with Gasteiger partial charge in [-0.25, -0.2) is 0 Å². The number of hydrogen-bond acceptors (Lipinski definition) is 1. The molecular weight excluding hydrogens is 357 g/mol. The minimum atomic E-state index is -4.38. The van der Waals surface area contributed by atoms with Gasteiger partial charge in [0.2, 0.25) is 0 Å². The first-order valence-electron chi connectivity index (χ1n) is 8.55. The molecule has 2 nitrogen and oxygen atoms in total. The van der Waals surface area contributed by atoms with Crippen LogP contribution in [0.25, 0.3) is 0 Å². The summed E-state index contributed by atoms with van der Waals surface area (Å²) >= 11 is 5.28. The highest BCUT2D eigenvalue weighted by atomic mass is 32.1. The van der Waals surface area contributed by atoms with Gasteiger partial charge in [0.1, 0.15) is 0 Å². The number of halogens is 3. The Labute approximate surface area is 157 Å². The molecular formula is C20H23F3N2S. The third kappa shape index (κ3) is 5.46. The van der Waals surface area contributed by atoms with E-state index >= 15 is 0 Å². The van der Waals surface area contributed by atoms with E-state index in [2.05, 4.69) is 48.7 Å². The number of thiocarbonyl (C=S) groups is 1. The molecule has 2 N–H and O–H groups in total. The molecule has 140 valence electrons. The second-order valence-electron chi connectivity index (χ2n) is 6.46. The van der Waals surface area contributed by atoms with Crippen LogP contribution in [-0.4, -0.2) is 5.11 Å². The molecule has 0 aliphatic carbocycles. The Balaban J connectivity index is 2.05. The van der Waals surface area contributed by atoms with Gasteiger partial charge in [-0.1, -0.05) is 51.1 Å². The number of rotatable bonds is 5. The lowest BCUT2D eigenvalue weighted by Crippen LogP contribution is -2.32. The van der Waals surface area contributed by atoms with Crippen molar-refractivity contribution in [2.24, 2.45) is 0 Å². The van der Waals surface area contributed by atoms with Crippen LogP contribution in [0.1, 0.15) is 55.8 Å². The molecule has 0 saturated heterocycles. The van der Waals surface area contributed by atoms with Crippen molar-refractivity contribution in [3.63, 3.8) is 0 Å². The molecule has 2 rings (SSSR count). The highest BCUT2D eigenvalue weighted by Crippen LogP contribution is 2.30. The largest absolute Gasteiger partial charge is 0.416 e. The monoisotopic (exact) mass is 380 g/mol. The normalized spacial score (nSPS) is 12.7. The molecule has 0 saturated carbocycles. The average molecular weight is 380 g/mol. The molecule has 6 heteroatoms. The summed E-state index contributed by atoms with van der Waals surface area (Å²) in [5.74, 6) is 0.459. The lowest BCUT2D eigenvalue weighted by Gasteiger charge is -2.21. The van der Waals surface area contributed by atoms with E-state index in [1.54, 1.807) is 6.07 Å². The molecule has 0 aliphatic rings. The second kappa shape index (κ2) is 8.54. The molecule has 1 unspecified atom stereocenters. The first-order chi connectivity index (χ1) is 12.2. The third-order valence-corrected chi connectivity index (χ3v) is 4.39. The van der Waals surface area contributed by atoms with E-state index in [0.29, 0.717) is 16.7 Å². The van der Waals surface area contributed by atoms with Crippen LogP contribution in [0, 0.1) is 0 Å². The Morgan fingerprint density at radius 1 is 1.04 bits per heavy atom. The zero-order valence-electron chi connectivity index (χ0n) is 15.0. The van der Waals surface area contributed by atoms with E-state index in [0.717, 1.165) is 24.1 Å². The summed E-state index contributed by atoms with van der Waals surface area (Å²) in [6.07, 6.45) is -3.58. The number of hydrogen-bond donors (Lipinski definition) is 2. The Bertz CT molecular complexity index is 739. The van der Waals surface area contributed by atoms with Gasteiger partial charge in [-0.3, -0.25) is 0 Å². The van der Waals surface area contributed by atoms with E-state index < -0.39 is 11.7 Å². The van der Waals surface area contributed by atoms with E-state index in [-0.39, 0.29) is 6.04 Å². The number of nitrogens with one attached hydrogen (secondary N) is 2. The summed E-state index contributed by atoms with van der Waals surface area (Å²) in [6, 6.07) is 13.3. The van der Waals surface area contributed by atoms with Gasteiger partial charge in [0, 0.05) is 5.69 Å². The molecule has 0 amide bonds. The SMILES string of the molecule is CCC(NC(=S)Nc1cccc(C(F)(F)F)c1)c1ccc(C(C)C)cc1. The molecule has 26 heavy (non-hydrogen) atoms. The summed E-state index contributed by atoms with van der Waals surface area (Å²) in [4.78, 5) is 0. The smallest absolute Gasteiger partial charge is 0.356 e. The van der Waals surface area contributed by atoms with Crippen molar-refractivity contribution in [1.82, 2.24) is 5.32 Å². The number of benzene rings is 2. The van der Waals surface area contributed by atoms with Crippen LogP contribution in [0.4, 0.5) is 18.9 Å². The van der Waals surface area contributed by atoms with Crippen LogP contribution in [0.3, 0.4) is 0 Å². The topological polar surface area (TPSA) is 24.1 Å². The second-order valence-corrected chi connectivity index (χ2v) is 6.87. The van der Waals surface area contributed by atoms with Crippen LogP contribution >= 0.6 is 12.2 Å². The minimum absolute atomic E-state index is 0.0120. The lowest BCUT2D eigenvalue weighted by molar-refractivity contribution is -0.137. The molecule has 0 heterocycles. The van der Waals surface area contributed by atoms with Gasteiger partial charge in [-0.15, -0.1) is 0 Å². The number of anilines is 1. The first-order valence-corrected chi connectivity index (χ1v) is 8.96. The van der Waals surface area contributed by atoms with Crippen LogP contribution in [0.5, 0.6) is 0 Å². The molecule has 0 radical (unpaired) electrons. The molecule has 0 aliphatic heterocycles. The lowest BCUT2D eigenvalue weighted by atomic mass is 9.98. The van der Waals surface area contributed by atoms with Crippen LogP contribution < -0.4 is 10.6 Å². The Morgan fingerprint density at radius 2 is 1.65 bits per heavy atom. The Hall–Kier alpha value is -2.08. The van der Waals surface area contributed by atoms with Gasteiger partial charge in [0.25, 0.3) is 0 Å². The summed E-state index contributed by atoms with van der Waals surface area (Å²) < 4.78 is 38.4. The number of alkyl halides is 3. The van der Waals surface area contributed by atoms with Crippen LogP contribution in [0.15, 0.2) is 48.5 Å². The maximum absolute atomic E-state index is 12.8. The van der Waals surface area contributed by atoms with Gasteiger partial charge < -0.3 is 10.6 Å². The minimum Gasteiger partial charge on any atom is -0.356 e. The van der Waals surface area contributed by atoms with Gasteiger partial charge in [0.05, 0.1) is 11.6 Å². The van der Waals surface area contributed by atoms with Crippen molar-refractivity contribution in [2.75, 3.05) is 5.32 Å². The quantitative estimate of drug-likeness (QED) is 0.598.